The van der Waals surface area contributed by atoms with E-state index in [-0.39, 0.29) is 6.10 Å². The van der Waals surface area contributed by atoms with Gasteiger partial charge in [-0.2, -0.15) is 0 Å². The van der Waals surface area contributed by atoms with E-state index in [1.165, 1.54) is 6.33 Å². The molecule has 2 aromatic carbocycles. The molecule has 4 aromatic rings. The largest absolute Gasteiger partial charge is 0.481 e. The third kappa shape index (κ3) is 3.23. The molecule has 0 bridgehead atoms. The summed E-state index contributed by atoms with van der Waals surface area (Å²) in [5, 5.41) is 19.2. The van der Waals surface area contributed by atoms with E-state index in [0.29, 0.717) is 17.5 Å². The molecule has 124 valence electrons. The van der Waals surface area contributed by atoms with E-state index in [1.54, 1.807) is 4.68 Å². The third-order valence-corrected chi connectivity index (χ3v) is 3.57. The molecule has 2 heterocycles. The Morgan fingerprint density at radius 1 is 1.00 bits per heavy atom. The van der Waals surface area contributed by atoms with Crippen LogP contribution in [0.1, 0.15) is 18.9 Å². The second-order valence-corrected chi connectivity index (χ2v) is 5.32. The topological polar surface area (TPSA) is 91.8 Å². The van der Waals surface area contributed by atoms with Crippen LogP contribution in [0.3, 0.4) is 0 Å². The Hall–Kier alpha value is -3.55. The van der Waals surface area contributed by atoms with Gasteiger partial charge in [0.25, 0.3) is 5.89 Å². The first kappa shape index (κ1) is 15.0. The van der Waals surface area contributed by atoms with Crippen LogP contribution in [0, 0.1) is 0 Å². The van der Waals surface area contributed by atoms with Crippen molar-refractivity contribution in [1.82, 2.24) is 30.4 Å². The monoisotopic (exact) mass is 334 g/mol. The van der Waals surface area contributed by atoms with Gasteiger partial charge >= 0.3 is 0 Å². The van der Waals surface area contributed by atoms with Crippen LogP contribution in [-0.2, 0) is 0 Å². The fraction of sp³-hybridized carbons (Fsp3) is 0.118. The second-order valence-electron chi connectivity index (χ2n) is 5.32. The van der Waals surface area contributed by atoms with Crippen molar-refractivity contribution in [2.24, 2.45) is 0 Å². The number of rotatable bonds is 5. The van der Waals surface area contributed by atoms with Crippen LogP contribution < -0.4 is 4.74 Å². The summed E-state index contributed by atoms with van der Waals surface area (Å²) in [4.78, 5) is 0. The van der Waals surface area contributed by atoms with E-state index in [9.17, 15) is 0 Å². The zero-order valence-corrected chi connectivity index (χ0v) is 13.4. The minimum absolute atomic E-state index is 0.371. The third-order valence-electron chi connectivity index (χ3n) is 3.57. The molecule has 0 radical (unpaired) electrons. The average Bonchev–Trinajstić information content (AvgIpc) is 3.35. The van der Waals surface area contributed by atoms with E-state index in [2.05, 4.69) is 25.7 Å². The molecule has 0 fully saturated rings. The Morgan fingerprint density at radius 3 is 2.52 bits per heavy atom. The van der Waals surface area contributed by atoms with Gasteiger partial charge in [0.2, 0.25) is 5.89 Å². The quantitative estimate of drug-likeness (QED) is 0.554. The van der Waals surface area contributed by atoms with Gasteiger partial charge in [0.05, 0.1) is 5.69 Å². The van der Waals surface area contributed by atoms with E-state index >= 15 is 0 Å². The number of benzene rings is 2. The van der Waals surface area contributed by atoms with Gasteiger partial charge in [-0.15, -0.1) is 15.3 Å². The summed E-state index contributed by atoms with van der Waals surface area (Å²) in [7, 11) is 0. The minimum Gasteiger partial charge on any atom is -0.481 e. The van der Waals surface area contributed by atoms with Crippen molar-refractivity contribution in [3.8, 4) is 22.9 Å². The molecule has 25 heavy (non-hydrogen) atoms. The predicted octanol–water partition coefficient (Wildman–Crippen LogP) is 2.85. The summed E-state index contributed by atoms with van der Waals surface area (Å²) in [6.45, 7) is 1.86. The van der Waals surface area contributed by atoms with Crippen LogP contribution in [0.15, 0.2) is 65.3 Å². The highest BCUT2D eigenvalue weighted by Gasteiger charge is 2.16. The first-order chi connectivity index (χ1) is 12.3. The van der Waals surface area contributed by atoms with Crippen LogP contribution in [-0.4, -0.2) is 30.4 Å². The van der Waals surface area contributed by atoms with E-state index < -0.39 is 0 Å². The maximum atomic E-state index is 5.86. The van der Waals surface area contributed by atoms with Crippen LogP contribution in [0.5, 0.6) is 5.75 Å². The Balaban J connectivity index is 1.47. The minimum atomic E-state index is -0.371. The van der Waals surface area contributed by atoms with Gasteiger partial charge < -0.3 is 9.15 Å². The Labute approximate surface area is 143 Å². The molecule has 8 nitrogen and oxygen atoms in total. The summed E-state index contributed by atoms with van der Waals surface area (Å²) in [5.41, 5.74) is 1.72. The van der Waals surface area contributed by atoms with Crippen LogP contribution in [0.4, 0.5) is 0 Å². The molecule has 0 spiro atoms. The lowest BCUT2D eigenvalue weighted by atomic mass is 10.2. The zero-order valence-electron chi connectivity index (χ0n) is 13.4. The first-order valence-electron chi connectivity index (χ1n) is 7.68. The summed E-state index contributed by atoms with van der Waals surface area (Å²) < 4.78 is 13.1. The molecule has 1 atom stereocenters. The number of hydrogen-bond donors (Lipinski definition) is 0. The molecule has 4 rings (SSSR count). The van der Waals surface area contributed by atoms with Crippen molar-refractivity contribution in [2.45, 2.75) is 13.0 Å². The normalized spacial score (nSPS) is 12.0. The molecule has 1 unspecified atom stereocenters. The molecule has 0 aliphatic rings. The summed E-state index contributed by atoms with van der Waals surface area (Å²) in [5.74, 6) is 1.58. The average molecular weight is 334 g/mol. The smallest absolute Gasteiger partial charge is 0.257 e. The molecule has 0 saturated carbocycles. The standard InChI is InChI=1S/C17H14N6O2/c1-12(16-19-20-17(25-16)13-5-3-2-4-6-13)24-15-9-7-14(8-10-15)23-11-18-21-22-23/h2-12H,1H3. The highest BCUT2D eigenvalue weighted by molar-refractivity contribution is 5.51. The molecular formula is C17H14N6O2. The molecule has 0 N–H and O–H groups in total. The summed E-state index contributed by atoms with van der Waals surface area (Å²) in [6.07, 6.45) is 1.16. The number of aromatic nitrogens is 6. The maximum Gasteiger partial charge on any atom is 0.257 e. The van der Waals surface area contributed by atoms with Crippen molar-refractivity contribution in [2.75, 3.05) is 0 Å². The van der Waals surface area contributed by atoms with Gasteiger partial charge in [-0.1, -0.05) is 18.2 Å². The van der Waals surface area contributed by atoms with Gasteiger partial charge in [0.1, 0.15) is 12.1 Å². The van der Waals surface area contributed by atoms with Crippen molar-refractivity contribution in [3.63, 3.8) is 0 Å². The Kier molecular flexibility index (Phi) is 3.91. The predicted molar refractivity (Wildman–Crippen MR) is 87.9 cm³/mol. The molecule has 2 aromatic heterocycles. The SMILES string of the molecule is CC(Oc1ccc(-n2cnnn2)cc1)c1nnc(-c2ccccc2)o1. The fourth-order valence-electron chi connectivity index (χ4n) is 2.31. The number of ether oxygens (including phenoxy) is 1. The van der Waals surface area contributed by atoms with Gasteiger partial charge in [-0.05, 0) is 53.7 Å². The van der Waals surface area contributed by atoms with Crippen molar-refractivity contribution < 1.29 is 9.15 Å². The maximum absolute atomic E-state index is 5.86. The molecular weight excluding hydrogens is 320 g/mol. The number of hydrogen-bond acceptors (Lipinski definition) is 7. The molecule has 0 amide bonds. The molecule has 0 aliphatic heterocycles. The highest BCUT2D eigenvalue weighted by atomic mass is 16.5. The van der Waals surface area contributed by atoms with E-state index in [1.807, 2.05) is 61.5 Å². The van der Waals surface area contributed by atoms with E-state index in [0.717, 1.165) is 11.3 Å². The lowest BCUT2D eigenvalue weighted by Crippen LogP contribution is -2.04. The zero-order chi connectivity index (χ0) is 17.1. The lowest BCUT2D eigenvalue weighted by Gasteiger charge is -2.11. The number of tetrazole rings is 1. The number of nitrogens with zero attached hydrogens (tertiary/aromatic N) is 6. The van der Waals surface area contributed by atoms with Gasteiger partial charge in [0.15, 0.2) is 6.10 Å². The highest BCUT2D eigenvalue weighted by Crippen LogP contribution is 2.24. The van der Waals surface area contributed by atoms with Gasteiger partial charge in [-0.3, -0.25) is 0 Å². The fourth-order valence-corrected chi connectivity index (χ4v) is 2.31. The first-order valence-corrected chi connectivity index (χ1v) is 7.68. The second kappa shape index (κ2) is 6.52. The van der Waals surface area contributed by atoms with Crippen LogP contribution >= 0.6 is 0 Å². The Morgan fingerprint density at radius 2 is 1.80 bits per heavy atom. The summed E-state index contributed by atoms with van der Waals surface area (Å²) in [6, 6.07) is 17.0. The molecule has 0 aliphatic carbocycles. The van der Waals surface area contributed by atoms with Crippen LogP contribution in [0.25, 0.3) is 17.1 Å². The van der Waals surface area contributed by atoms with E-state index in [4.69, 9.17) is 9.15 Å². The molecule has 0 saturated heterocycles. The Bertz CT molecular complexity index is 935. The van der Waals surface area contributed by atoms with Crippen LogP contribution in [0.2, 0.25) is 0 Å². The van der Waals surface area contributed by atoms with Crippen molar-refractivity contribution in [1.29, 1.82) is 0 Å². The lowest BCUT2D eigenvalue weighted by molar-refractivity contribution is 0.189. The molecule has 8 heteroatoms. The summed E-state index contributed by atoms with van der Waals surface area (Å²) >= 11 is 0. The van der Waals surface area contributed by atoms with Gasteiger partial charge in [-0.25, -0.2) is 4.68 Å². The van der Waals surface area contributed by atoms with Crippen molar-refractivity contribution >= 4 is 0 Å². The van der Waals surface area contributed by atoms with Crippen molar-refractivity contribution in [3.05, 3.63) is 66.8 Å². The van der Waals surface area contributed by atoms with Gasteiger partial charge in [0, 0.05) is 5.56 Å².